The fourth-order valence-electron chi connectivity index (χ4n) is 3.77. The van der Waals surface area contributed by atoms with Crippen LogP contribution in [0.4, 0.5) is 5.69 Å². The molecule has 35 heavy (non-hydrogen) atoms. The lowest BCUT2D eigenvalue weighted by Gasteiger charge is -2.19. The highest BCUT2D eigenvalue weighted by atomic mass is 16.5. The number of anilines is 1. The van der Waals surface area contributed by atoms with E-state index in [-0.39, 0.29) is 25.2 Å². The number of fused-ring (bicyclic) bond motifs is 1. The number of carbonyl (C=O) groups is 1. The van der Waals surface area contributed by atoms with E-state index in [9.17, 15) is 15.0 Å². The lowest BCUT2D eigenvalue weighted by molar-refractivity contribution is 0.0997. The minimum Gasteiger partial charge on any atom is -0.491 e. The van der Waals surface area contributed by atoms with Crippen molar-refractivity contribution in [3.63, 3.8) is 0 Å². The van der Waals surface area contributed by atoms with Gasteiger partial charge in [0, 0.05) is 29.9 Å². The van der Waals surface area contributed by atoms with Gasteiger partial charge in [-0.05, 0) is 48.4 Å². The van der Waals surface area contributed by atoms with Crippen LogP contribution in [0.25, 0.3) is 10.9 Å². The molecule has 0 unspecified atom stereocenters. The zero-order valence-electron chi connectivity index (χ0n) is 19.3. The highest BCUT2D eigenvalue weighted by Crippen LogP contribution is 2.18. The van der Waals surface area contributed by atoms with Crippen molar-refractivity contribution in [2.45, 2.75) is 18.6 Å². The molecular formula is C28H29N3O4. The highest BCUT2D eigenvalue weighted by Gasteiger charge is 2.13. The summed E-state index contributed by atoms with van der Waals surface area (Å²) in [6, 6.07) is 25.9. The summed E-state index contributed by atoms with van der Waals surface area (Å²) < 4.78 is 5.56. The number of hydrogen-bond donors (Lipinski definition) is 4. The molecule has 4 aromatic rings. The van der Waals surface area contributed by atoms with Gasteiger partial charge in [0.25, 0.3) is 5.91 Å². The second-order valence-electron chi connectivity index (χ2n) is 8.30. The maximum absolute atomic E-state index is 12.8. The van der Waals surface area contributed by atoms with E-state index in [0.29, 0.717) is 35.5 Å². The van der Waals surface area contributed by atoms with E-state index in [0.717, 1.165) is 10.9 Å². The summed E-state index contributed by atoms with van der Waals surface area (Å²) in [6.45, 7) is 0.389. The highest BCUT2D eigenvalue weighted by molar-refractivity contribution is 6.11. The molecule has 4 rings (SSSR count). The van der Waals surface area contributed by atoms with E-state index in [1.807, 2.05) is 78.9 Å². The Kier molecular flexibility index (Phi) is 8.40. The normalized spacial score (nSPS) is 12.7. The van der Waals surface area contributed by atoms with Crippen LogP contribution in [0.2, 0.25) is 0 Å². The van der Waals surface area contributed by atoms with Gasteiger partial charge in [0.2, 0.25) is 0 Å². The van der Waals surface area contributed by atoms with Crippen LogP contribution in [0.15, 0.2) is 91.1 Å². The second-order valence-corrected chi connectivity index (χ2v) is 8.30. The Morgan fingerprint density at radius 3 is 2.49 bits per heavy atom. The molecule has 1 aromatic heterocycles. The molecule has 0 saturated carbocycles. The van der Waals surface area contributed by atoms with Crippen LogP contribution in [0.3, 0.4) is 0 Å². The molecule has 7 nitrogen and oxygen atoms in total. The Hall–Kier alpha value is -3.78. The number of aliphatic hydroxyl groups is 2. The summed E-state index contributed by atoms with van der Waals surface area (Å²) in [6.07, 6.45) is 1.55. The minimum absolute atomic E-state index is 0.0706. The number of ether oxygens (including phenoxy) is 1. The van der Waals surface area contributed by atoms with Crippen LogP contribution >= 0.6 is 0 Å². The molecule has 0 saturated heterocycles. The molecule has 2 atom stereocenters. The molecule has 0 fully saturated rings. The van der Waals surface area contributed by atoms with Crippen LogP contribution in [0.1, 0.15) is 15.9 Å². The Bertz CT molecular complexity index is 1230. The minimum atomic E-state index is -0.703. The molecule has 1 heterocycles. The van der Waals surface area contributed by atoms with Crippen molar-refractivity contribution < 1.29 is 19.7 Å². The van der Waals surface area contributed by atoms with Crippen LogP contribution in [0.5, 0.6) is 5.75 Å². The standard InChI is InChI=1S/C28H29N3O4/c32-18-23(30-17-24(33)19-35-25-8-2-1-3-9-25)16-20-11-13-22(14-12-20)31-28(34)26-10-4-6-21-7-5-15-29-27(21)26/h1-15,23-24,30,32-33H,16-19H2,(H,31,34)/t23-,24-/m0/s1. The van der Waals surface area contributed by atoms with Crippen LogP contribution in [0, 0.1) is 0 Å². The van der Waals surface area contributed by atoms with Gasteiger partial charge in [0.1, 0.15) is 18.5 Å². The molecule has 0 bridgehead atoms. The molecule has 0 aliphatic carbocycles. The number of aliphatic hydroxyl groups excluding tert-OH is 2. The van der Waals surface area contributed by atoms with Crippen molar-refractivity contribution in [3.8, 4) is 5.75 Å². The Balaban J connectivity index is 1.27. The summed E-state index contributed by atoms with van der Waals surface area (Å²) in [5, 5.41) is 27.0. The number of amides is 1. The van der Waals surface area contributed by atoms with Crippen molar-refractivity contribution in [3.05, 3.63) is 102 Å². The number of aromatic nitrogens is 1. The monoisotopic (exact) mass is 471 g/mol. The smallest absolute Gasteiger partial charge is 0.257 e. The topological polar surface area (TPSA) is 104 Å². The van der Waals surface area contributed by atoms with Gasteiger partial charge in [0.05, 0.1) is 17.7 Å². The molecular weight excluding hydrogens is 442 g/mol. The summed E-state index contributed by atoms with van der Waals surface area (Å²) in [5.41, 5.74) is 2.86. The summed E-state index contributed by atoms with van der Waals surface area (Å²) in [5.74, 6) is 0.484. The number of nitrogens with zero attached hydrogens (tertiary/aromatic N) is 1. The van der Waals surface area contributed by atoms with Gasteiger partial charge in [0.15, 0.2) is 0 Å². The van der Waals surface area contributed by atoms with Gasteiger partial charge in [-0.1, -0.05) is 48.5 Å². The van der Waals surface area contributed by atoms with Crippen LogP contribution in [-0.4, -0.2) is 53.0 Å². The number of carbonyl (C=O) groups excluding carboxylic acids is 1. The summed E-state index contributed by atoms with van der Waals surface area (Å²) >= 11 is 0. The third-order valence-corrected chi connectivity index (χ3v) is 5.62. The van der Waals surface area contributed by atoms with Gasteiger partial charge in [-0.2, -0.15) is 0 Å². The summed E-state index contributed by atoms with van der Waals surface area (Å²) in [7, 11) is 0. The predicted molar refractivity (Wildman–Crippen MR) is 137 cm³/mol. The molecule has 4 N–H and O–H groups in total. The number of hydrogen-bond acceptors (Lipinski definition) is 6. The van der Waals surface area contributed by atoms with Gasteiger partial charge in [-0.25, -0.2) is 0 Å². The first-order valence-electron chi connectivity index (χ1n) is 11.6. The number of para-hydroxylation sites is 2. The van der Waals surface area contributed by atoms with Crippen molar-refractivity contribution in [1.82, 2.24) is 10.3 Å². The van der Waals surface area contributed by atoms with E-state index in [2.05, 4.69) is 15.6 Å². The quantitative estimate of drug-likeness (QED) is 0.267. The van der Waals surface area contributed by atoms with Crippen molar-refractivity contribution in [2.75, 3.05) is 25.1 Å². The molecule has 1 amide bonds. The number of pyridine rings is 1. The molecule has 0 radical (unpaired) electrons. The second kappa shape index (κ2) is 12.1. The number of nitrogens with one attached hydrogen (secondary N) is 2. The van der Waals surface area contributed by atoms with Crippen molar-refractivity contribution in [1.29, 1.82) is 0 Å². The predicted octanol–water partition coefficient (Wildman–Crippen LogP) is 3.42. The number of rotatable bonds is 11. The molecule has 0 aliphatic rings. The summed E-state index contributed by atoms with van der Waals surface area (Å²) in [4.78, 5) is 17.1. The Morgan fingerprint density at radius 2 is 1.71 bits per heavy atom. The largest absolute Gasteiger partial charge is 0.491 e. The Morgan fingerprint density at radius 1 is 0.943 bits per heavy atom. The lowest BCUT2D eigenvalue weighted by Crippen LogP contribution is -2.41. The molecule has 0 aliphatic heterocycles. The fourth-order valence-corrected chi connectivity index (χ4v) is 3.77. The zero-order valence-corrected chi connectivity index (χ0v) is 19.3. The van der Waals surface area contributed by atoms with E-state index >= 15 is 0 Å². The lowest BCUT2D eigenvalue weighted by atomic mass is 10.1. The van der Waals surface area contributed by atoms with E-state index < -0.39 is 6.10 Å². The van der Waals surface area contributed by atoms with E-state index in [1.165, 1.54) is 0 Å². The molecule has 0 spiro atoms. The first-order chi connectivity index (χ1) is 17.1. The maximum Gasteiger partial charge on any atom is 0.257 e. The zero-order chi connectivity index (χ0) is 24.5. The molecule has 180 valence electrons. The number of benzene rings is 3. The average molecular weight is 472 g/mol. The third kappa shape index (κ3) is 6.86. The molecule has 7 heteroatoms. The van der Waals surface area contributed by atoms with Gasteiger partial charge >= 0.3 is 0 Å². The SMILES string of the molecule is O=C(Nc1ccc(C[C@@H](CO)NC[C@H](O)COc2ccccc2)cc1)c1cccc2cccnc12. The van der Waals surface area contributed by atoms with Gasteiger partial charge < -0.3 is 25.6 Å². The van der Waals surface area contributed by atoms with Crippen molar-refractivity contribution >= 4 is 22.5 Å². The first-order valence-corrected chi connectivity index (χ1v) is 11.6. The van der Waals surface area contributed by atoms with Gasteiger partial charge in [-0.3, -0.25) is 9.78 Å². The van der Waals surface area contributed by atoms with Crippen LogP contribution < -0.4 is 15.4 Å². The van der Waals surface area contributed by atoms with E-state index in [4.69, 9.17) is 4.74 Å². The first kappa shape index (κ1) is 24.3. The molecule has 3 aromatic carbocycles. The maximum atomic E-state index is 12.8. The van der Waals surface area contributed by atoms with Gasteiger partial charge in [-0.15, -0.1) is 0 Å². The van der Waals surface area contributed by atoms with Crippen molar-refractivity contribution in [2.24, 2.45) is 0 Å². The average Bonchev–Trinajstić information content (AvgIpc) is 2.91. The fraction of sp³-hybridized carbons (Fsp3) is 0.214. The third-order valence-electron chi connectivity index (χ3n) is 5.62. The van der Waals surface area contributed by atoms with E-state index in [1.54, 1.807) is 12.3 Å². The van der Waals surface area contributed by atoms with Crippen LogP contribution in [-0.2, 0) is 6.42 Å². The Labute approximate surface area is 204 Å².